The van der Waals surface area contributed by atoms with Crippen LogP contribution in [0.2, 0.25) is 0 Å². The van der Waals surface area contributed by atoms with Gasteiger partial charge in [-0.3, -0.25) is 4.79 Å². The van der Waals surface area contributed by atoms with Crippen molar-refractivity contribution in [2.45, 2.75) is 77.2 Å². The minimum absolute atomic E-state index is 0.0432. The zero-order valence-electron chi connectivity index (χ0n) is 19.2. The highest BCUT2D eigenvalue weighted by Crippen LogP contribution is 2.67. The van der Waals surface area contributed by atoms with Gasteiger partial charge in [0.25, 0.3) is 0 Å². The van der Waals surface area contributed by atoms with Crippen molar-refractivity contribution in [1.29, 1.82) is 0 Å². The van der Waals surface area contributed by atoms with Crippen LogP contribution in [-0.4, -0.2) is 16.5 Å². The molecule has 0 aromatic heterocycles. The first-order valence-corrected chi connectivity index (χ1v) is 12.0. The van der Waals surface area contributed by atoms with E-state index in [-0.39, 0.29) is 28.6 Å². The summed E-state index contributed by atoms with van der Waals surface area (Å²) in [6, 6.07) is 2.99. The summed E-state index contributed by atoms with van der Waals surface area (Å²) >= 11 is 0. The summed E-state index contributed by atoms with van der Waals surface area (Å²) in [5.41, 5.74) is 3.06. The smallest absolute Gasteiger partial charge is 0.156 e. The molecule has 2 fully saturated rings. The standard InChI is InChI=1S/C28H32F2O2/c1-4-10-28(32)11-9-23-21-7-5-17-12-19(31)6-8-20(17)26(21)22(15-27(23,28)3)18-13-24(29)16(2)25(30)14-18/h4,10,12-14,21-23,32H,5-9,11,15H2,1-3H3/t21-,22+,23-,27-,28-/m0/s1. The summed E-state index contributed by atoms with van der Waals surface area (Å²) in [7, 11) is 0. The topological polar surface area (TPSA) is 37.3 Å². The Morgan fingerprint density at radius 3 is 2.53 bits per heavy atom. The number of hydrogen-bond acceptors (Lipinski definition) is 2. The van der Waals surface area contributed by atoms with Crippen LogP contribution in [0.4, 0.5) is 8.78 Å². The molecule has 1 aromatic carbocycles. The Kier molecular flexibility index (Phi) is 5.09. The van der Waals surface area contributed by atoms with Crippen LogP contribution in [0.15, 0.2) is 47.1 Å². The summed E-state index contributed by atoms with van der Waals surface area (Å²) in [4.78, 5) is 12.1. The van der Waals surface area contributed by atoms with Crippen molar-refractivity contribution >= 4 is 5.78 Å². The highest BCUT2D eigenvalue weighted by Gasteiger charge is 2.62. The Morgan fingerprint density at radius 2 is 1.84 bits per heavy atom. The fraction of sp³-hybridized carbons (Fsp3) is 0.536. The highest BCUT2D eigenvalue weighted by atomic mass is 19.1. The summed E-state index contributed by atoms with van der Waals surface area (Å²) < 4.78 is 29.3. The van der Waals surface area contributed by atoms with Gasteiger partial charge < -0.3 is 5.11 Å². The van der Waals surface area contributed by atoms with Gasteiger partial charge in [0.2, 0.25) is 0 Å². The van der Waals surface area contributed by atoms with Crippen molar-refractivity contribution in [3.63, 3.8) is 0 Å². The molecule has 0 bridgehead atoms. The van der Waals surface area contributed by atoms with Gasteiger partial charge in [-0.2, -0.15) is 0 Å². The minimum atomic E-state index is -0.915. The molecule has 5 rings (SSSR count). The Bertz CT molecular complexity index is 1060. The lowest BCUT2D eigenvalue weighted by molar-refractivity contribution is -0.114. The van der Waals surface area contributed by atoms with Crippen molar-refractivity contribution in [2.24, 2.45) is 17.3 Å². The molecule has 0 aliphatic heterocycles. The van der Waals surface area contributed by atoms with Crippen LogP contribution in [-0.2, 0) is 4.79 Å². The molecule has 4 aliphatic rings. The lowest BCUT2D eigenvalue weighted by Gasteiger charge is -2.54. The number of benzene rings is 1. The zero-order valence-corrected chi connectivity index (χ0v) is 19.2. The van der Waals surface area contributed by atoms with Gasteiger partial charge in [-0.15, -0.1) is 0 Å². The number of rotatable bonds is 2. The molecule has 2 saturated carbocycles. The van der Waals surface area contributed by atoms with Crippen molar-refractivity contribution in [1.82, 2.24) is 0 Å². The van der Waals surface area contributed by atoms with E-state index in [1.807, 2.05) is 19.1 Å². The van der Waals surface area contributed by atoms with Gasteiger partial charge in [0, 0.05) is 23.3 Å². The van der Waals surface area contributed by atoms with Crippen molar-refractivity contribution < 1.29 is 18.7 Å². The number of aliphatic hydroxyl groups is 1. The normalized spacial score (nSPS) is 36.8. The van der Waals surface area contributed by atoms with E-state index in [0.717, 1.165) is 24.8 Å². The maximum absolute atomic E-state index is 14.7. The molecule has 0 unspecified atom stereocenters. The third kappa shape index (κ3) is 3.02. The van der Waals surface area contributed by atoms with Gasteiger partial charge >= 0.3 is 0 Å². The van der Waals surface area contributed by atoms with E-state index >= 15 is 0 Å². The maximum atomic E-state index is 14.7. The number of carbonyl (C=O) groups excluding carboxylic acids is 1. The van der Waals surface area contributed by atoms with E-state index in [9.17, 15) is 18.7 Å². The second-order valence-electron chi connectivity index (χ2n) is 10.6. The van der Waals surface area contributed by atoms with E-state index in [2.05, 4.69) is 6.92 Å². The van der Waals surface area contributed by atoms with Gasteiger partial charge in [-0.25, -0.2) is 8.78 Å². The van der Waals surface area contributed by atoms with Gasteiger partial charge in [0.05, 0.1) is 5.60 Å². The molecule has 0 spiro atoms. The van der Waals surface area contributed by atoms with Crippen LogP contribution in [0.25, 0.3) is 0 Å². The van der Waals surface area contributed by atoms with E-state index < -0.39 is 17.2 Å². The Balaban J connectivity index is 1.72. The first-order chi connectivity index (χ1) is 15.2. The first kappa shape index (κ1) is 21.8. The summed E-state index contributed by atoms with van der Waals surface area (Å²) in [5, 5.41) is 11.7. The average molecular weight is 439 g/mol. The van der Waals surface area contributed by atoms with Crippen LogP contribution in [0.3, 0.4) is 0 Å². The molecule has 0 heterocycles. The lowest BCUT2D eigenvalue weighted by atomic mass is 9.51. The summed E-state index contributed by atoms with van der Waals surface area (Å²) in [5.74, 6) is -0.430. The molecule has 32 heavy (non-hydrogen) atoms. The predicted molar refractivity (Wildman–Crippen MR) is 121 cm³/mol. The Morgan fingerprint density at radius 1 is 1.12 bits per heavy atom. The molecule has 1 aromatic rings. The monoisotopic (exact) mass is 438 g/mol. The van der Waals surface area contributed by atoms with Crippen LogP contribution in [0.1, 0.15) is 75.8 Å². The largest absolute Gasteiger partial charge is 0.385 e. The molecule has 0 saturated heterocycles. The van der Waals surface area contributed by atoms with E-state index in [0.29, 0.717) is 37.2 Å². The first-order valence-electron chi connectivity index (χ1n) is 12.0. The van der Waals surface area contributed by atoms with Gasteiger partial charge in [0.1, 0.15) is 11.6 Å². The third-order valence-electron chi connectivity index (χ3n) is 9.10. The number of ketones is 1. The van der Waals surface area contributed by atoms with Crippen molar-refractivity contribution in [2.75, 3.05) is 0 Å². The van der Waals surface area contributed by atoms with Crippen LogP contribution in [0, 0.1) is 35.8 Å². The average Bonchev–Trinajstić information content (AvgIpc) is 3.01. The number of halogens is 2. The molecule has 2 nitrogen and oxygen atoms in total. The number of carbonyl (C=O) groups is 1. The fourth-order valence-corrected chi connectivity index (χ4v) is 7.41. The summed E-state index contributed by atoms with van der Waals surface area (Å²) in [6.45, 7) is 5.58. The van der Waals surface area contributed by atoms with E-state index in [1.54, 1.807) is 6.08 Å². The van der Waals surface area contributed by atoms with E-state index in [4.69, 9.17) is 0 Å². The molecular weight excluding hydrogens is 406 g/mol. The second kappa shape index (κ2) is 7.48. The zero-order chi connectivity index (χ0) is 22.8. The minimum Gasteiger partial charge on any atom is -0.385 e. The Hall–Kier alpha value is -2.07. The lowest BCUT2D eigenvalue weighted by Crippen LogP contribution is -2.50. The number of fused-ring (bicyclic) bond motifs is 4. The van der Waals surface area contributed by atoms with Gasteiger partial charge in [-0.05, 0) is 99.1 Å². The van der Waals surface area contributed by atoms with Gasteiger partial charge in [-0.1, -0.05) is 24.6 Å². The SMILES string of the molecule is CC=C[C@]1(O)CC[C@H]2[C@@H]3CCC4=CC(=O)CCC4=C3[C@@H](c3cc(F)c(C)c(F)c3)C[C@@]21C. The van der Waals surface area contributed by atoms with Crippen molar-refractivity contribution in [3.05, 3.63) is 69.8 Å². The predicted octanol–water partition coefficient (Wildman–Crippen LogP) is 6.48. The summed E-state index contributed by atoms with van der Waals surface area (Å²) in [6.07, 6.45) is 11.0. The number of allylic oxidation sites excluding steroid dienone is 5. The molecule has 0 radical (unpaired) electrons. The van der Waals surface area contributed by atoms with Crippen molar-refractivity contribution in [3.8, 4) is 0 Å². The second-order valence-corrected chi connectivity index (χ2v) is 10.6. The quantitative estimate of drug-likeness (QED) is 0.537. The van der Waals surface area contributed by atoms with Crippen LogP contribution in [0.5, 0.6) is 0 Å². The molecular formula is C28H32F2O2. The van der Waals surface area contributed by atoms with Gasteiger partial charge in [0.15, 0.2) is 5.78 Å². The molecule has 0 amide bonds. The third-order valence-corrected chi connectivity index (χ3v) is 9.10. The number of hydrogen-bond donors (Lipinski definition) is 1. The van der Waals surface area contributed by atoms with Crippen LogP contribution < -0.4 is 0 Å². The molecule has 4 aliphatic carbocycles. The molecule has 5 atom stereocenters. The van der Waals surface area contributed by atoms with E-state index in [1.165, 1.54) is 30.2 Å². The molecule has 170 valence electrons. The molecule has 4 heteroatoms. The highest BCUT2D eigenvalue weighted by molar-refractivity contribution is 5.93. The maximum Gasteiger partial charge on any atom is 0.156 e. The molecule has 1 N–H and O–H groups in total. The van der Waals surface area contributed by atoms with Crippen LogP contribution >= 0.6 is 0 Å². The Labute approximate surface area is 189 Å². The fourth-order valence-electron chi connectivity index (χ4n) is 7.41.